The standard InChI is InChI=1S/C10H16N2O2S/c1-3-8(4-5-13)12-10(14)9-6-15-7(2)11-9/h6,8,13H,3-5H2,1-2H3,(H,12,14). The summed E-state index contributed by atoms with van der Waals surface area (Å²) in [4.78, 5) is 15.8. The minimum absolute atomic E-state index is 0.0320. The lowest BCUT2D eigenvalue weighted by Gasteiger charge is -2.14. The van der Waals surface area contributed by atoms with Crippen molar-refractivity contribution >= 4 is 17.2 Å². The minimum Gasteiger partial charge on any atom is -0.396 e. The van der Waals surface area contributed by atoms with Crippen molar-refractivity contribution in [1.29, 1.82) is 0 Å². The van der Waals surface area contributed by atoms with Crippen molar-refractivity contribution in [2.45, 2.75) is 32.7 Å². The average Bonchev–Trinajstić information content (AvgIpc) is 2.64. The molecule has 1 aromatic heterocycles. The van der Waals surface area contributed by atoms with Crippen molar-refractivity contribution < 1.29 is 9.90 Å². The van der Waals surface area contributed by atoms with Gasteiger partial charge in [0.25, 0.3) is 5.91 Å². The van der Waals surface area contributed by atoms with Crippen LogP contribution in [-0.2, 0) is 0 Å². The Hall–Kier alpha value is -0.940. The van der Waals surface area contributed by atoms with E-state index in [0.29, 0.717) is 12.1 Å². The molecule has 1 atom stereocenters. The van der Waals surface area contributed by atoms with E-state index in [2.05, 4.69) is 10.3 Å². The van der Waals surface area contributed by atoms with E-state index in [1.165, 1.54) is 11.3 Å². The van der Waals surface area contributed by atoms with Gasteiger partial charge in [-0.05, 0) is 19.8 Å². The first-order valence-electron chi connectivity index (χ1n) is 5.01. The number of carbonyl (C=O) groups excluding carboxylic acids is 1. The van der Waals surface area contributed by atoms with Gasteiger partial charge in [0.1, 0.15) is 5.69 Å². The van der Waals surface area contributed by atoms with Crippen molar-refractivity contribution in [3.05, 3.63) is 16.1 Å². The number of rotatable bonds is 5. The Morgan fingerprint density at radius 3 is 2.93 bits per heavy atom. The fraction of sp³-hybridized carbons (Fsp3) is 0.600. The summed E-state index contributed by atoms with van der Waals surface area (Å²) in [7, 11) is 0. The third-order valence-corrected chi connectivity index (χ3v) is 2.93. The highest BCUT2D eigenvalue weighted by molar-refractivity contribution is 7.09. The molecule has 0 saturated carbocycles. The monoisotopic (exact) mass is 228 g/mol. The van der Waals surface area contributed by atoms with Crippen LogP contribution in [0.3, 0.4) is 0 Å². The second-order valence-electron chi connectivity index (χ2n) is 3.34. The largest absolute Gasteiger partial charge is 0.396 e. The number of thiazole rings is 1. The van der Waals surface area contributed by atoms with E-state index in [1.54, 1.807) is 5.38 Å². The van der Waals surface area contributed by atoms with Crippen molar-refractivity contribution in [3.8, 4) is 0 Å². The number of hydrogen-bond donors (Lipinski definition) is 2. The predicted molar refractivity (Wildman–Crippen MR) is 60.1 cm³/mol. The Morgan fingerprint density at radius 2 is 2.47 bits per heavy atom. The highest BCUT2D eigenvalue weighted by Gasteiger charge is 2.13. The van der Waals surface area contributed by atoms with Gasteiger partial charge in [-0.25, -0.2) is 4.98 Å². The molecule has 0 aliphatic carbocycles. The molecule has 84 valence electrons. The van der Waals surface area contributed by atoms with Crippen LogP contribution in [0, 0.1) is 6.92 Å². The highest BCUT2D eigenvalue weighted by atomic mass is 32.1. The Labute approximate surface area is 93.4 Å². The maximum absolute atomic E-state index is 11.7. The zero-order valence-corrected chi connectivity index (χ0v) is 9.80. The van der Waals surface area contributed by atoms with Gasteiger partial charge >= 0.3 is 0 Å². The van der Waals surface area contributed by atoms with Crippen molar-refractivity contribution in [2.75, 3.05) is 6.61 Å². The molecule has 0 spiro atoms. The summed E-state index contributed by atoms with van der Waals surface area (Å²) >= 11 is 1.46. The molecule has 0 fully saturated rings. The van der Waals surface area contributed by atoms with Crippen LogP contribution in [0.2, 0.25) is 0 Å². The molecule has 15 heavy (non-hydrogen) atoms. The summed E-state index contributed by atoms with van der Waals surface area (Å²) in [6.07, 6.45) is 1.40. The summed E-state index contributed by atoms with van der Waals surface area (Å²) in [5, 5.41) is 14.3. The van der Waals surface area contributed by atoms with E-state index in [4.69, 9.17) is 5.11 Å². The molecule has 2 N–H and O–H groups in total. The normalized spacial score (nSPS) is 12.5. The number of nitrogens with zero attached hydrogens (tertiary/aromatic N) is 1. The van der Waals surface area contributed by atoms with Crippen LogP contribution in [0.1, 0.15) is 35.3 Å². The quantitative estimate of drug-likeness (QED) is 0.799. The van der Waals surface area contributed by atoms with Crippen LogP contribution >= 0.6 is 11.3 Å². The van der Waals surface area contributed by atoms with E-state index < -0.39 is 0 Å². The lowest BCUT2D eigenvalue weighted by Crippen LogP contribution is -2.35. The number of aromatic nitrogens is 1. The smallest absolute Gasteiger partial charge is 0.270 e. The Bertz CT molecular complexity index is 325. The maximum Gasteiger partial charge on any atom is 0.270 e. The van der Waals surface area contributed by atoms with Gasteiger partial charge in [-0.15, -0.1) is 11.3 Å². The first kappa shape index (κ1) is 12.1. The van der Waals surface area contributed by atoms with Crippen LogP contribution in [0.4, 0.5) is 0 Å². The summed E-state index contributed by atoms with van der Waals surface area (Å²) < 4.78 is 0. The van der Waals surface area contributed by atoms with Crippen molar-refractivity contribution in [3.63, 3.8) is 0 Å². The fourth-order valence-corrected chi connectivity index (χ4v) is 1.85. The topological polar surface area (TPSA) is 62.2 Å². The molecule has 1 amide bonds. The molecule has 0 radical (unpaired) electrons. The van der Waals surface area contributed by atoms with Gasteiger partial charge in [-0.1, -0.05) is 6.92 Å². The van der Waals surface area contributed by atoms with Crippen molar-refractivity contribution in [1.82, 2.24) is 10.3 Å². The van der Waals surface area contributed by atoms with E-state index in [9.17, 15) is 4.79 Å². The zero-order valence-electron chi connectivity index (χ0n) is 8.99. The van der Waals surface area contributed by atoms with Gasteiger partial charge < -0.3 is 10.4 Å². The second kappa shape index (κ2) is 5.82. The van der Waals surface area contributed by atoms with Gasteiger partial charge in [0, 0.05) is 18.0 Å². The number of aliphatic hydroxyl groups excluding tert-OH is 1. The number of nitrogens with one attached hydrogen (secondary N) is 1. The second-order valence-corrected chi connectivity index (χ2v) is 4.40. The van der Waals surface area contributed by atoms with Crippen LogP contribution < -0.4 is 5.32 Å². The summed E-state index contributed by atoms with van der Waals surface area (Å²) in [6, 6.07) is 0.0320. The molecule has 1 aromatic rings. The van der Waals surface area contributed by atoms with Crippen molar-refractivity contribution in [2.24, 2.45) is 0 Å². The number of amides is 1. The summed E-state index contributed by atoms with van der Waals surface area (Å²) in [5.74, 6) is -0.153. The molecule has 1 heterocycles. The van der Waals surface area contributed by atoms with Gasteiger partial charge in [0.2, 0.25) is 0 Å². The van der Waals surface area contributed by atoms with Crippen LogP contribution in [0.15, 0.2) is 5.38 Å². The third kappa shape index (κ3) is 3.60. The molecule has 5 heteroatoms. The van der Waals surface area contributed by atoms with Gasteiger partial charge in [0.15, 0.2) is 0 Å². The minimum atomic E-state index is -0.153. The third-order valence-electron chi connectivity index (χ3n) is 2.16. The van der Waals surface area contributed by atoms with Gasteiger partial charge in [-0.3, -0.25) is 4.79 Å². The van der Waals surface area contributed by atoms with Gasteiger partial charge in [0.05, 0.1) is 5.01 Å². The number of carbonyl (C=O) groups is 1. The van der Waals surface area contributed by atoms with E-state index in [1.807, 2.05) is 13.8 Å². The molecular formula is C10H16N2O2S. The van der Waals surface area contributed by atoms with Crippen LogP contribution in [0.5, 0.6) is 0 Å². The number of aliphatic hydroxyl groups is 1. The Balaban J connectivity index is 2.54. The SMILES string of the molecule is CCC(CCO)NC(=O)c1csc(C)n1. The molecule has 0 aromatic carbocycles. The van der Waals surface area contributed by atoms with Crippen LogP contribution in [0.25, 0.3) is 0 Å². The Kier molecular flexibility index (Phi) is 4.71. The van der Waals surface area contributed by atoms with E-state index >= 15 is 0 Å². The number of hydrogen-bond acceptors (Lipinski definition) is 4. The molecule has 1 rings (SSSR count). The molecule has 0 aliphatic heterocycles. The molecule has 0 aliphatic rings. The summed E-state index contributed by atoms with van der Waals surface area (Å²) in [5.41, 5.74) is 0.467. The van der Waals surface area contributed by atoms with Gasteiger partial charge in [-0.2, -0.15) is 0 Å². The average molecular weight is 228 g/mol. The zero-order chi connectivity index (χ0) is 11.3. The first-order valence-corrected chi connectivity index (χ1v) is 5.89. The predicted octanol–water partition coefficient (Wildman–Crippen LogP) is 1.34. The maximum atomic E-state index is 11.7. The molecular weight excluding hydrogens is 212 g/mol. The highest BCUT2D eigenvalue weighted by Crippen LogP contribution is 2.08. The molecule has 0 bridgehead atoms. The number of aryl methyl sites for hydroxylation is 1. The molecule has 4 nitrogen and oxygen atoms in total. The Morgan fingerprint density at radius 1 is 1.73 bits per heavy atom. The lowest BCUT2D eigenvalue weighted by molar-refractivity contribution is 0.0924. The molecule has 0 saturated heterocycles. The summed E-state index contributed by atoms with van der Waals surface area (Å²) in [6.45, 7) is 3.94. The molecule has 1 unspecified atom stereocenters. The lowest BCUT2D eigenvalue weighted by atomic mass is 10.1. The van der Waals surface area contributed by atoms with Crippen LogP contribution in [-0.4, -0.2) is 28.6 Å². The van der Waals surface area contributed by atoms with E-state index in [0.717, 1.165) is 11.4 Å². The first-order chi connectivity index (χ1) is 7.17. The van der Waals surface area contributed by atoms with E-state index in [-0.39, 0.29) is 18.6 Å². The fourth-order valence-electron chi connectivity index (χ4n) is 1.26.